The third kappa shape index (κ3) is 5.84. The fourth-order valence-corrected chi connectivity index (χ4v) is 2.65. The van der Waals surface area contributed by atoms with Gasteiger partial charge in [-0.2, -0.15) is 13.2 Å². The van der Waals surface area contributed by atoms with Gasteiger partial charge in [-0.05, 0) is 18.1 Å². The standard InChI is InChI=1S/C14H19F3N2O2S/c1-3-9(4-2)11(20)8-19-12(21)10-6-5-7-18-13(10)22-14(15,16)17/h5-7,9,11,20H,3-4,8H2,1-2H3,(H,19,21). The molecule has 4 nitrogen and oxygen atoms in total. The Hall–Kier alpha value is -1.28. The van der Waals surface area contributed by atoms with Crippen LogP contribution in [0.4, 0.5) is 13.2 Å². The average Bonchev–Trinajstić information content (AvgIpc) is 2.45. The van der Waals surface area contributed by atoms with Crippen molar-refractivity contribution in [3.63, 3.8) is 0 Å². The fraction of sp³-hybridized carbons (Fsp3) is 0.571. The van der Waals surface area contributed by atoms with E-state index in [4.69, 9.17) is 0 Å². The summed E-state index contributed by atoms with van der Waals surface area (Å²) in [5, 5.41) is 12.0. The minimum Gasteiger partial charge on any atom is -0.391 e. The lowest BCUT2D eigenvalue weighted by atomic mass is 9.96. The molecule has 0 saturated carbocycles. The summed E-state index contributed by atoms with van der Waals surface area (Å²) in [5.41, 5.74) is -4.67. The topological polar surface area (TPSA) is 62.2 Å². The van der Waals surface area contributed by atoms with E-state index in [0.29, 0.717) is 0 Å². The minimum absolute atomic E-state index is 0.00377. The molecule has 22 heavy (non-hydrogen) atoms. The number of nitrogens with one attached hydrogen (secondary N) is 1. The van der Waals surface area contributed by atoms with Crippen LogP contribution in [-0.4, -0.2) is 34.2 Å². The van der Waals surface area contributed by atoms with Crippen molar-refractivity contribution in [1.82, 2.24) is 10.3 Å². The van der Waals surface area contributed by atoms with E-state index >= 15 is 0 Å². The quantitative estimate of drug-likeness (QED) is 0.751. The van der Waals surface area contributed by atoms with Crippen LogP contribution in [0.3, 0.4) is 0 Å². The van der Waals surface area contributed by atoms with Crippen LogP contribution in [0.15, 0.2) is 23.4 Å². The maximum atomic E-state index is 12.4. The highest BCUT2D eigenvalue weighted by molar-refractivity contribution is 8.00. The van der Waals surface area contributed by atoms with Crippen LogP contribution in [0, 0.1) is 5.92 Å². The number of pyridine rings is 1. The van der Waals surface area contributed by atoms with Gasteiger partial charge in [0.2, 0.25) is 0 Å². The Morgan fingerprint density at radius 1 is 1.41 bits per heavy atom. The molecule has 1 aromatic rings. The Morgan fingerprint density at radius 2 is 2.05 bits per heavy atom. The summed E-state index contributed by atoms with van der Waals surface area (Å²) in [6, 6.07) is 2.67. The van der Waals surface area contributed by atoms with Crippen molar-refractivity contribution < 1.29 is 23.1 Å². The van der Waals surface area contributed by atoms with Crippen molar-refractivity contribution in [3.8, 4) is 0 Å². The number of aromatic nitrogens is 1. The first-order valence-corrected chi connectivity index (χ1v) is 7.77. The number of rotatable bonds is 7. The van der Waals surface area contributed by atoms with Gasteiger partial charge in [0.1, 0.15) is 5.03 Å². The van der Waals surface area contributed by atoms with Crippen molar-refractivity contribution in [2.45, 2.75) is 43.3 Å². The molecule has 124 valence electrons. The van der Waals surface area contributed by atoms with Crippen LogP contribution < -0.4 is 5.32 Å². The first kappa shape index (κ1) is 18.8. The van der Waals surface area contributed by atoms with Gasteiger partial charge in [0.25, 0.3) is 5.91 Å². The summed E-state index contributed by atoms with van der Waals surface area (Å²) in [6.45, 7) is 3.85. The minimum atomic E-state index is -4.52. The fourth-order valence-electron chi connectivity index (χ4n) is 2.05. The Balaban J connectivity index is 2.74. The molecule has 0 aliphatic rings. The Morgan fingerprint density at radius 3 is 2.59 bits per heavy atom. The molecule has 1 rings (SSSR count). The highest BCUT2D eigenvalue weighted by atomic mass is 32.2. The van der Waals surface area contributed by atoms with Crippen LogP contribution in [0.25, 0.3) is 0 Å². The van der Waals surface area contributed by atoms with E-state index in [0.717, 1.165) is 12.8 Å². The van der Waals surface area contributed by atoms with E-state index in [1.165, 1.54) is 18.3 Å². The lowest BCUT2D eigenvalue weighted by molar-refractivity contribution is -0.0329. The molecule has 1 unspecified atom stereocenters. The summed E-state index contributed by atoms with van der Waals surface area (Å²) in [6.07, 6.45) is 1.99. The third-order valence-electron chi connectivity index (χ3n) is 3.29. The normalized spacial score (nSPS) is 13.2. The van der Waals surface area contributed by atoms with Gasteiger partial charge >= 0.3 is 5.51 Å². The molecule has 2 N–H and O–H groups in total. The Labute approximate surface area is 131 Å². The predicted molar refractivity (Wildman–Crippen MR) is 78.6 cm³/mol. The van der Waals surface area contributed by atoms with Gasteiger partial charge in [-0.1, -0.05) is 26.7 Å². The van der Waals surface area contributed by atoms with E-state index in [2.05, 4.69) is 10.3 Å². The maximum absolute atomic E-state index is 12.4. The number of nitrogens with zero attached hydrogens (tertiary/aromatic N) is 1. The van der Waals surface area contributed by atoms with Crippen LogP contribution in [0.1, 0.15) is 37.0 Å². The van der Waals surface area contributed by atoms with Gasteiger partial charge in [-0.15, -0.1) is 0 Å². The maximum Gasteiger partial charge on any atom is 0.447 e. The Bertz CT molecular complexity index is 493. The van der Waals surface area contributed by atoms with Crippen LogP contribution in [0.5, 0.6) is 0 Å². The van der Waals surface area contributed by atoms with E-state index in [-0.39, 0.29) is 18.0 Å². The molecule has 1 heterocycles. The highest BCUT2D eigenvalue weighted by Crippen LogP contribution is 2.37. The summed E-state index contributed by atoms with van der Waals surface area (Å²) in [4.78, 5) is 15.6. The second-order valence-corrected chi connectivity index (χ2v) is 5.81. The number of alkyl halides is 3. The molecule has 1 amide bonds. The van der Waals surface area contributed by atoms with Gasteiger partial charge in [-0.25, -0.2) is 4.98 Å². The van der Waals surface area contributed by atoms with Gasteiger partial charge in [0.15, 0.2) is 0 Å². The van der Waals surface area contributed by atoms with Crippen molar-refractivity contribution in [1.29, 1.82) is 0 Å². The number of hydrogen-bond acceptors (Lipinski definition) is 4. The van der Waals surface area contributed by atoms with E-state index in [1.807, 2.05) is 13.8 Å². The monoisotopic (exact) mass is 336 g/mol. The molecule has 0 fully saturated rings. The van der Waals surface area contributed by atoms with Gasteiger partial charge in [0.05, 0.1) is 11.7 Å². The number of aliphatic hydroxyl groups is 1. The molecule has 0 spiro atoms. The second kappa shape index (κ2) is 8.38. The van der Waals surface area contributed by atoms with Crippen LogP contribution in [-0.2, 0) is 0 Å². The van der Waals surface area contributed by atoms with E-state index < -0.39 is 34.3 Å². The van der Waals surface area contributed by atoms with Gasteiger partial charge < -0.3 is 10.4 Å². The zero-order chi connectivity index (χ0) is 16.8. The Kier molecular flexibility index (Phi) is 7.15. The number of carbonyl (C=O) groups excluding carboxylic acids is 1. The lowest BCUT2D eigenvalue weighted by Gasteiger charge is -2.20. The van der Waals surface area contributed by atoms with Gasteiger partial charge in [0, 0.05) is 24.5 Å². The molecule has 0 radical (unpaired) electrons. The van der Waals surface area contributed by atoms with Crippen molar-refractivity contribution in [2.24, 2.45) is 5.92 Å². The number of aliphatic hydroxyl groups excluding tert-OH is 1. The van der Waals surface area contributed by atoms with Crippen molar-refractivity contribution >= 4 is 17.7 Å². The zero-order valence-corrected chi connectivity index (χ0v) is 13.2. The smallest absolute Gasteiger partial charge is 0.391 e. The second-order valence-electron chi connectivity index (χ2n) is 4.76. The third-order valence-corrected chi connectivity index (χ3v) is 4.04. The largest absolute Gasteiger partial charge is 0.447 e. The summed E-state index contributed by atoms with van der Waals surface area (Å²) in [5.74, 6) is -0.636. The molecule has 1 aromatic heterocycles. The molecule has 0 bridgehead atoms. The highest BCUT2D eigenvalue weighted by Gasteiger charge is 2.32. The van der Waals surface area contributed by atoms with Gasteiger partial charge in [-0.3, -0.25) is 4.79 Å². The van der Waals surface area contributed by atoms with Crippen molar-refractivity contribution in [2.75, 3.05) is 6.54 Å². The molecular formula is C14H19F3N2O2S. The SMILES string of the molecule is CCC(CC)C(O)CNC(=O)c1cccnc1SC(F)(F)F. The van der Waals surface area contributed by atoms with Crippen LogP contribution in [0.2, 0.25) is 0 Å². The number of carbonyl (C=O) groups is 1. The summed E-state index contributed by atoms with van der Waals surface area (Å²) in [7, 11) is 0. The van der Waals surface area contributed by atoms with E-state index in [9.17, 15) is 23.1 Å². The number of halogens is 3. The first-order valence-electron chi connectivity index (χ1n) is 6.95. The number of amides is 1. The van der Waals surface area contributed by atoms with Crippen molar-refractivity contribution in [3.05, 3.63) is 23.9 Å². The molecule has 0 aromatic carbocycles. The molecule has 0 aliphatic carbocycles. The lowest BCUT2D eigenvalue weighted by Crippen LogP contribution is -2.36. The number of hydrogen-bond donors (Lipinski definition) is 2. The van der Waals surface area contributed by atoms with E-state index in [1.54, 1.807) is 0 Å². The molecular weight excluding hydrogens is 317 g/mol. The summed E-state index contributed by atoms with van der Waals surface area (Å²) < 4.78 is 37.3. The average molecular weight is 336 g/mol. The first-order chi connectivity index (χ1) is 10.3. The molecule has 1 atom stereocenters. The predicted octanol–water partition coefficient (Wildman–Crippen LogP) is 3.22. The molecule has 0 saturated heterocycles. The molecule has 8 heteroatoms. The van der Waals surface area contributed by atoms with Crippen LogP contribution >= 0.6 is 11.8 Å². The zero-order valence-electron chi connectivity index (χ0n) is 12.4. The summed E-state index contributed by atoms with van der Waals surface area (Å²) >= 11 is -0.429. The molecule has 0 aliphatic heterocycles. The number of thioether (sulfide) groups is 1.